The fourth-order valence-electron chi connectivity index (χ4n) is 3.92. The van der Waals surface area contributed by atoms with Crippen molar-refractivity contribution < 1.29 is 9.53 Å². The Morgan fingerprint density at radius 2 is 1.81 bits per heavy atom. The maximum atomic E-state index is 13.0. The molecular weight excluding hydrogens is 454 g/mol. The van der Waals surface area contributed by atoms with Gasteiger partial charge in [0.1, 0.15) is 11.6 Å². The lowest BCUT2D eigenvalue weighted by Crippen LogP contribution is -2.11. The van der Waals surface area contributed by atoms with Crippen LogP contribution in [0.4, 0.5) is 0 Å². The van der Waals surface area contributed by atoms with Gasteiger partial charge in [0.05, 0.1) is 28.9 Å². The standard InChI is InChI=1S/C25H20BrN3O2/c1-4-31-25(30)21-15(2)28-23-20(14-27)16(3)29(19-8-6-5-7-9-19)24(23)22(21)17-10-12-18(26)13-11-17/h5-13H,4H2,1-3H3. The molecule has 6 heteroatoms. The van der Waals surface area contributed by atoms with Crippen molar-refractivity contribution >= 4 is 32.9 Å². The molecule has 4 aromatic rings. The van der Waals surface area contributed by atoms with Crippen LogP contribution in [0, 0.1) is 25.2 Å². The second kappa shape index (κ2) is 8.37. The maximum absolute atomic E-state index is 13.0. The lowest BCUT2D eigenvalue weighted by atomic mass is 9.97. The lowest BCUT2D eigenvalue weighted by Gasteiger charge is -2.16. The van der Waals surface area contributed by atoms with Crippen LogP contribution in [-0.2, 0) is 4.74 Å². The van der Waals surface area contributed by atoms with E-state index in [4.69, 9.17) is 9.72 Å². The SMILES string of the molecule is CCOC(=O)c1c(C)nc2c(C#N)c(C)n(-c3ccccc3)c2c1-c1ccc(Br)cc1. The second-order valence-corrected chi connectivity index (χ2v) is 8.03. The molecule has 0 aliphatic rings. The van der Waals surface area contributed by atoms with Crippen LogP contribution in [0.1, 0.15) is 34.2 Å². The summed E-state index contributed by atoms with van der Waals surface area (Å²) in [6, 6.07) is 19.9. The molecule has 2 aromatic heterocycles. The summed E-state index contributed by atoms with van der Waals surface area (Å²) in [5, 5.41) is 9.93. The second-order valence-electron chi connectivity index (χ2n) is 7.11. The first-order valence-corrected chi connectivity index (χ1v) is 10.7. The fraction of sp³-hybridized carbons (Fsp3) is 0.160. The Balaban J connectivity index is 2.23. The van der Waals surface area contributed by atoms with Gasteiger partial charge in [-0.25, -0.2) is 9.78 Å². The summed E-state index contributed by atoms with van der Waals surface area (Å²) >= 11 is 3.48. The van der Waals surface area contributed by atoms with Crippen molar-refractivity contribution in [2.75, 3.05) is 6.61 Å². The van der Waals surface area contributed by atoms with E-state index in [1.165, 1.54) is 0 Å². The Morgan fingerprint density at radius 3 is 2.42 bits per heavy atom. The number of hydrogen-bond acceptors (Lipinski definition) is 4. The average molecular weight is 474 g/mol. The predicted molar refractivity (Wildman–Crippen MR) is 124 cm³/mol. The molecule has 0 saturated heterocycles. The lowest BCUT2D eigenvalue weighted by molar-refractivity contribution is 0.0526. The number of para-hydroxylation sites is 1. The number of carbonyl (C=O) groups excluding carboxylic acids is 1. The fourth-order valence-corrected chi connectivity index (χ4v) is 4.19. The van der Waals surface area contributed by atoms with Gasteiger partial charge in [-0.05, 0) is 50.6 Å². The van der Waals surface area contributed by atoms with Crippen molar-refractivity contribution in [3.8, 4) is 22.9 Å². The van der Waals surface area contributed by atoms with E-state index in [2.05, 4.69) is 22.0 Å². The maximum Gasteiger partial charge on any atom is 0.340 e. The number of aryl methyl sites for hydroxylation is 1. The van der Waals surface area contributed by atoms with Gasteiger partial charge in [-0.3, -0.25) is 0 Å². The van der Waals surface area contributed by atoms with Crippen molar-refractivity contribution in [1.82, 2.24) is 9.55 Å². The summed E-state index contributed by atoms with van der Waals surface area (Å²) in [5.74, 6) is -0.427. The van der Waals surface area contributed by atoms with Gasteiger partial charge in [0.25, 0.3) is 0 Å². The third kappa shape index (κ3) is 3.51. The highest BCUT2D eigenvalue weighted by Gasteiger charge is 2.27. The van der Waals surface area contributed by atoms with Crippen LogP contribution in [0.2, 0.25) is 0 Å². The third-order valence-corrected chi connectivity index (χ3v) is 5.78. The van der Waals surface area contributed by atoms with Gasteiger partial charge >= 0.3 is 5.97 Å². The molecule has 0 saturated carbocycles. The van der Waals surface area contributed by atoms with Crippen LogP contribution in [0.25, 0.3) is 27.8 Å². The number of fused-ring (bicyclic) bond motifs is 1. The van der Waals surface area contributed by atoms with Crippen molar-refractivity contribution in [3.63, 3.8) is 0 Å². The Bertz CT molecular complexity index is 1330. The van der Waals surface area contributed by atoms with E-state index in [9.17, 15) is 10.1 Å². The first-order valence-electron chi connectivity index (χ1n) is 9.92. The largest absolute Gasteiger partial charge is 0.462 e. The quantitative estimate of drug-likeness (QED) is 0.334. The summed E-state index contributed by atoms with van der Waals surface area (Å²) in [4.78, 5) is 17.7. The minimum Gasteiger partial charge on any atom is -0.462 e. The number of nitrogens with zero attached hydrogens (tertiary/aromatic N) is 3. The van der Waals surface area contributed by atoms with E-state index in [1.54, 1.807) is 13.8 Å². The molecule has 0 fully saturated rings. The van der Waals surface area contributed by atoms with E-state index < -0.39 is 5.97 Å². The first kappa shape index (κ1) is 20.8. The Kier molecular flexibility index (Phi) is 5.62. The minimum absolute atomic E-state index is 0.262. The molecule has 0 unspecified atom stereocenters. The van der Waals surface area contributed by atoms with Crippen molar-refractivity contribution in [1.29, 1.82) is 5.26 Å². The van der Waals surface area contributed by atoms with Crippen LogP contribution in [-0.4, -0.2) is 22.1 Å². The minimum atomic E-state index is -0.427. The number of carbonyl (C=O) groups is 1. The van der Waals surface area contributed by atoms with Crippen LogP contribution in [0.3, 0.4) is 0 Å². The van der Waals surface area contributed by atoms with Gasteiger partial charge < -0.3 is 9.30 Å². The van der Waals surface area contributed by atoms with Crippen molar-refractivity contribution in [3.05, 3.63) is 81.6 Å². The number of hydrogen-bond donors (Lipinski definition) is 0. The van der Waals surface area contributed by atoms with Gasteiger partial charge in [0, 0.05) is 21.4 Å². The number of halogens is 1. The zero-order valence-corrected chi connectivity index (χ0v) is 19.0. The predicted octanol–water partition coefficient (Wildman–Crippen LogP) is 6.12. The number of esters is 1. The summed E-state index contributed by atoms with van der Waals surface area (Å²) in [5.41, 5.74) is 5.96. The van der Waals surface area contributed by atoms with Crippen LogP contribution in [0.15, 0.2) is 59.1 Å². The molecule has 0 atom stereocenters. The number of rotatable bonds is 4. The normalized spacial score (nSPS) is 10.8. The zero-order valence-electron chi connectivity index (χ0n) is 17.4. The molecule has 0 radical (unpaired) electrons. The Labute approximate surface area is 189 Å². The molecule has 0 N–H and O–H groups in total. The highest BCUT2D eigenvalue weighted by molar-refractivity contribution is 9.10. The van der Waals surface area contributed by atoms with E-state index in [-0.39, 0.29) is 6.61 Å². The smallest absolute Gasteiger partial charge is 0.340 e. The van der Waals surface area contributed by atoms with Gasteiger partial charge in [-0.2, -0.15) is 5.26 Å². The van der Waals surface area contributed by atoms with Crippen LogP contribution in [0.5, 0.6) is 0 Å². The van der Waals surface area contributed by atoms with Gasteiger partial charge in [0.15, 0.2) is 0 Å². The molecule has 0 bridgehead atoms. The van der Waals surface area contributed by atoms with Crippen molar-refractivity contribution in [2.24, 2.45) is 0 Å². The Hall–Kier alpha value is -3.43. The van der Waals surface area contributed by atoms with Gasteiger partial charge in [-0.1, -0.05) is 46.3 Å². The summed E-state index contributed by atoms with van der Waals surface area (Å²) in [6.07, 6.45) is 0. The monoisotopic (exact) mass is 473 g/mol. The summed E-state index contributed by atoms with van der Waals surface area (Å²) in [6.45, 7) is 5.73. The molecule has 154 valence electrons. The van der Waals surface area contributed by atoms with Crippen molar-refractivity contribution in [2.45, 2.75) is 20.8 Å². The molecule has 5 nitrogen and oxygen atoms in total. The average Bonchev–Trinajstić information content (AvgIpc) is 3.04. The van der Waals surface area contributed by atoms with E-state index in [0.29, 0.717) is 27.9 Å². The number of nitriles is 1. The summed E-state index contributed by atoms with van der Waals surface area (Å²) in [7, 11) is 0. The summed E-state index contributed by atoms with van der Waals surface area (Å²) < 4.78 is 8.32. The Morgan fingerprint density at radius 1 is 1.13 bits per heavy atom. The topological polar surface area (TPSA) is 67.9 Å². The molecule has 0 aliphatic carbocycles. The van der Waals surface area contributed by atoms with E-state index >= 15 is 0 Å². The van der Waals surface area contributed by atoms with Gasteiger partial charge in [0.2, 0.25) is 0 Å². The number of ether oxygens (including phenoxy) is 1. The van der Waals surface area contributed by atoms with E-state index in [1.807, 2.05) is 66.1 Å². The van der Waals surface area contributed by atoms with E-state index in [0.717, 1.165) is 26.9 Å². The number of aromatic nitrogens is 2. The van der Waals surface area contributed by atoms with Crippen LogP contribution >= 0.6 is 15.9 Å². The molecule has 0 amide bonds. The molecule has 4 rings (SSSR count). The highest BCUT2D eigenvalue weighted by Crippen LogP contribution is 2.39. The highest BCUT2D eigenvalue weighted by atomic mass is 79.9. The number of pyridine rings is 1. The molecule has 31 heavy (non-hydrogen) atoms. The van der Waals surface area contributed by atoms with Crippen LogP contribution < -0.4 is 0 Å². The molecular formula is C25H20BrN3O2. The van der Waals surface area contributed by atoms with Gasteiger partial charge in [-0.15, -0.1) is 0 Å². The third-order valence-electron chi connectivity index (χ3n) is 5.25. The molecule has 0 aliphatic heterocycles. The molecule has 0 spiro atoms. The molecule has 2 aromatic carbocycles. The first-order chi connectivity index (χ1) is 15.0. The zero-order chi connectivity index (χ0) is 22.1. The number of benzene rings is 2. The molecule has 2 heterocycles.